The predicted octanol–water partition coefficient (Wildman–Crippen LogP) is 7.52. The Kier molecular flexibility index (Phi) is 18.7. The number of aliphatic hydroxyl groups excluding tert-OH is 1. The van der Waals surface area contributed by atoms with Crippen LogP contribution in [0.1, 0.15) is 131 Å². The van der Waals surface area contributed by atoms with Gasteiger partial charge in [0.2, 0.25) is 23.6 Å². The van der Waals surface area contributed by atoms with E-state index in [2.05, 4.69) is 40.9 Å². The Morgan fingerprint density at radius 3 is 2.42 bits per heavy atom. The molecule has 0 unspecified atom stereocenters. The lowest BCUT2D eigenvalue weighted by Crippen LogP contribution is -2.57. The summed E-state index contributed by atoms with van der Waals surface area (Å²) in [6.45, 7) is 10.9. The number of carbonyl (C=O) groups is 5. The molecule has 0 aliphatic carbocycles. The standard InChI is InChI=1S/C58H76F2N12O7S/c1-36-51(80-35-64-36)38-16-14-37(15-17-38)29-63-55(76)48-27-42(73)32-71(48)56(77)52(58(2,3)4)66-49(74)13-9-7-6-8-10-21-62-50(75)34-69-31-40(30-65-69)43-26-39-12-11-22-70(47(39)28-44(43)53(59)60)54-45-33-68(57(78)61-5)23-18-46(45)72(67-54)41-19-24-79-25-20-41/h14-17,26,28,30-31,35,41-42,48,52-53,73H,6-13,18-25,27,29,32-34H2,1-5H3,(H,61,78)(H,62,75)(H,63,76)(H,66,74)/t42-,48+,52-/m1/s1. The van der Waals surface area contributed by atoms with Gasteiger partial charge in [0.05, 0.1) is 41.0 Å². The van der Waals surface area contributed by atoms with Gasteiger partial charge in [-0.25, -0.2) is 18.6 Å². The van der Waals surface area contributed by atoms with Crippen LogP contribution in [0.5, 0.6) is 0 Å². The van der Waals surface area contributed by atoms with Crippen LogP contribution in [-0.2, 0) is 56.4 Å². The number of benzene rings is 2. The van der Waals surface area contributed by atoms with Crippen LogP contribution in [0.3, 0.4) is 0 Å². The van der Waals surface area contributed by atoms with Crippen molar-refractivity contribution in [2.24, 2.45) is 5.41 Å². The van der Waals surface area contributed by atoms with Gasteiger partial charge in [0.15, 0.2) is 5.82 Å². The molecule has 5 N–H and O–H groups in total. The monoisotopic (exact) mass is 1120 g/mol. The Hall–Kier alpha value is -6.78. The van der Waals surface area contributed by atoms with Crippen molar-refractivity contribution in [3.8, 4) is 21.6 Å². The van der Waals surface area contributed by atoms with Crippen molar-refractivity contribution >= 4 is 52.5 Å². The number of aromatic nitrogens is 5. The SMILES string of the molecule is CNC(=O)N1CCc2c(c(N3CCCc4cc(-c5cnn(CC(=O)NCCCCCCCC(=O)N[C@H](C(=O)N6C[C@H](O)C[C@H]6C(=O)NCc6ccc(-c7scnc7C)cc6)C(C)(C)C)c5)c(C(F)F)cc43)nn2C2CCOCC2)C1. The van der Waals surface area contributed by atoms with Crippen LogP contribution < -0.4 is 26.2 Å². The number of aliphatic hydroxyl groups is 1. The second-order valence-electron chi connectivity index (χ2n) is 22.6. The fourth-order valence-electron chi connectivity index (χ4n) is 11.5. The number of aryl methyl sites for hydroxylation is 2. The number of anilines is 2. The number of amides is 6. The molecule has 430 valence electrons. The van der Waals surface area contributed by atoms with Crippen molar-refractivity contribution in [2.75, 3.05) is 51.3 Å². The van der Waals surface area contributed by atoms with Crippen LogP contribution in [-0.4, -0.2) is 134 Å². The first kappa shape index (κ1) is 57.9. The van der Waals surface area contributed by atoms with Crippen molar-refractivity contribution in [1.82, 2.24) is 55.6 Å². The zero-order valence-corrected chi connectivity index (χ0v) is 47.4. The van der Waals surface area contributed by atoms with Gasteiger partial charge in [-0.05, 0) is 85.3 Å². The van der Waals surface area contributed by atoms with Crippen molar-refractivity contribution < 1.29 is 42.6 Å². The number of thiazole rings is 1. The third-order valence-electron chi connectivity index (χ3n) is 15.8. The molecule has 0 bridgehead atoms. The van der Waals surface area contributed by atoms with Gasteiger partial charge in [-0.2, -0.15) is 10.2 Å². The van der Waals surface area contributed by atoms with Gasteiger partial charge in [0.25, 0.3) is 6.43 Å². The molecule has 2 fully saturated rings. The number of unbranched alkanes of at least 4 members (excludes halogenated alkanes) is 4. The lowest BCUT2D eigenvalue weighted by Gasteiger charge is -2.35. The maximum absolute atomic E-state index is 15.1. The number of alkyl halides is 2. The van der Waals surface area contributed by atoms with Crippen LogP contribution >= 0.6 is 11.3 Å². The third kappa shape index (κ3) is 13.5. The van der Waals surface area contributed by atoms with Crippen molar-refractivity contribution in [3.63, 3.8) is 0 Å². The number of likely N-dealkylation sites (tertiary alicyclic amines) is 1. The van der Waals surface area contributed by atoms with E-state index in [0.29, 0.717) is 87.7 Å². The van der Waals surface area contributed by atoms with Crippen LogP contribution in [0.2, 0.25) is 0 Å². The summed E-state index contributed by atoms with van der Waals surface area (Å²) >= 11 is 1.57. The van der Waals surface area contributed by atoms with Crippen molar-refractivity contribution in [2.45, 2.75) is 155 Å². The van der Waals surface area contributed by atoms with Gasteiger partial charge in [-0.3, -0.25) is 28.5 Å². The molecule has 2 aromatic carbocycles. The summed E-state index contributed by atoms with van der Waals surface area (Å²) < 4.78 is 39.4. The molecule has 4 aliphatic heterocycles. The first-order valence-corrected chi connectivity index (χ1v) is 29.1. The minimum atomic E-state index is -2.79. The fraction of sp³-hybridized carbons (Fsp3) is 0.552. The smallest absolute Gasteiger partial charge is 0.317 e. The Balaban J connectivity index is 0.721. The zero-order valence-electron chi connectivity index (χ0n) is 46.6. The molecule has 19 nitrogen and oxygen atoms in total. The first-order chi connectivity index (χ1) is 38.5. The topological polar surface area (TPSA) is 221 Å². The summed E-state index contributed by atoms with van der Waals surface area (Å²) in [6, 6.07) is 9.46. The molecule has 7 heterocycles. The van der Waals surface area contributed by atoms with E-state index in [0.717, 1.165) is 77.0 Å². The number of nitrogens with zero attached hydrogens (tertiary/aromatic N) is 8. The summed E-state index contributed by atoms with van der Waals surface area (Å²) in [5.41, 5.74) is 8.36. The van der Waals surface area contributed by atoms with E-state index in [1.807, 2.05) is 63.5 Å². The largest absolute Gasteiger partial charge is 0.391 e. The summed E-state index contributed by atoms with van der Waals surface area (Å²) in [6.07, 6.45) is 7.28. The molecular weight excluding hydrogens is 1050 g/mol. The number of hydrogen-bond donors (Lipinski definition) is 5. The number of hydrogen-bond acceptors (Lipinski definition) is 12. The molecule has 9 rings (SSSR count). The molecule has 6 amide bonds. The van der Waals surface area contributed by atoms with E-state index in [4.69, 9.17) is 9.84 Å². The average molecular weight is 1120 g/mol. The van der Waals surface area contributed by atoms with E-state index >= 15 is 8.78 Å². The molecule has 3 aromatic heterocycles. The molecular formula is C58H76F2N12O7S. The minimum absolute atomic E-state index is 0.00820. The highest BCUT2D eigenvalue weighted by atomic mass is 32.1. The lowest BCUT2D eigenvalue weighted by atomic mass is 9.85. The highest BCUT2D eigenvalue weighted by Gasteiger charge is 2.44. The van der Waals surface area contributed by atoms with E-state index in [-0.39, 0.29) is 67.8 Å². The molecule has 80 heavy (non-hydrogen) atoms. The van der Waals surface area contributed by atoms with Gasteiger partial charge >= 0.3 is 6.03 Å². The number of fused-ring (bicyclic) bond motifs is 2. The molecule has 2 saturated heterocycles. The van der Waals surface area contributed by atoms with E-state index in [9.17, 15) is 29.1 Å². The molecule has 22 heteroatoms. The van der Waals surface area contributed by atoms with E-state index in [1.54, 1.807) is 35.5 Å². The van der Waals surface area contributed by atoms with E-state index in [1.165, 1.54) is 15.8 Å². The van der Waals surface area contributed by atoms with Crippen LogP contribution in [0.15, 0.2) is 54.3 Å². The van der Waals surface area contributed by atoms with Crippen LogP contribution in [0.25, 0.3) is 21.6 Å². The van der Waals surface area contributed by atoms with Gasteiger partial charge in [0.1, 0.15) is 18.6 Å². The normalized spacial score (nSPS) is 18.0. The second kappa shape index (κ2) is 25.8. The zero-order chi connectivity index (χ0) is 56.7. The summed E-state index contributed by atoms with van der Waals surface area (Å²) in [4.78, 5) is 77.3. The molecule has 4 aliphatic rings. The van der Waals surface area contributed by atoms with Gasteiger partial charge in [0, 0.05) is 107 Å². The molecule has 0 saturated carbocycles. The number of urea groups is 1. The maximum Gasteiger partial charge on any atom is 0.317 e. The van der Waals surface area contributed by atoms with E-state index < -0.39 is 35.9 Å². The van der Waals surface area contributed by atoms with Gasteiger partial charge in [-0.1, -0.05) is 64.3 Å². The Morgan fingerprint density at radius 1 is 0.938 bits per heavy atom. The lowest BCUT2D eigenvalue weighted by molar-refractivity contribution is -0.144. The summed E-state index contributed by atoms with van der Waals surface area (Å²) in [5, 5.41) is 31.8. The van der Waals surface area contributed by atoms with Crippen molar-refractivity contribution in [1.29, 1.82) is 0 Å². The van der Waals surface area contributed by atoms with Gasteiger partial charge in [-0.15, -0.1) is 11.3 Å². The van der Waals surface area contributed by atoms with Crippen LogP contribution in [0, 0.1) is 12.3 Å². The molecule has 5 aromatic rings. The summed E-state index contributed by atoms with van der Waals surface area (Å²) in [7, 11) is 1.61. The number of rotatable bonds is 20. The number of nitrogens with one attached hydrogen (secondary N) is 4. The Morgan fingerprint density at radius 2 is 1.70 bits per heavy atom. The number of ether oxygens (including phenoxy) is 1. The number of carbonyl (C=O) groups excluding carboxylic acids is 5. The van der Waals surface area contributed by atoms with Crippen LogP contribution in [0.4, 0.5) is 25.1 Å². The quantitative estimate of drug-likeness (QED) is 0.0480. The highest BCUT2D eigenvalue weighted by molar-refractivity contribution is 7.13. The number of halogens is 2. The molecule has 0 spiro atoms. The predicted molar refractivity (Wildman–Crippen MR) is 300 cm³/mol. The number of β-amino-alcohol motifs (C(OH)–C–C–N with tert-alkyl or cyclic N) is 1. The first-order valence-electron chi connectivity index (χ1n) is 28.2. The molecule has 3 atom stereocenters. The minimum Gasteiger partial charge on any atom is -0.391 e. The third-order valence-corrected chi connectivity index (χ3v) is 16.8. The summed E-state index contributed by atoms with van der Waals surface area (Å²) in [5.74, 6) is -0.600. The Labute approximate surface area is 470 Å². The fourth-order valence-corrected chi connectivity index (χ4v) is 12.3. The Bertz CT molecular complexity index is 3000. The molecule has 0 radical (unpaired) electrons. The highest BCUT2D eigenvalue weighted by Crippen LogP contribution is 2.44. The second-order valence-corrected chi connectivity index (χ2v) is 23.5. The maximum atomic E-state index is 15.1. The average Bonchev–Trinajstić information content (AvgIpc) is 4.33. The van der Waals surface area contributed by atoms with Crippen molar-refractivity contribution in [3.05, 3.63) is 87.9 Å². The van der Waals surface area contributed by atoms with Gasteiger partial charge < -0.3 is 45.8 Å².